The van der Waals surface area contributed by atoms with Gasteiger partial charge in [-0.25, -0.2) is 8.78 Å². The Kier molecular flexibility index (Phi) is 4.37. The number of halogens is 2. The summed E-state index contributed by atoms with van der Waals surface area (Å²) in [6.45, 7) is 4.03. The molecule has 1 fully saturated rings. The van der Waals surface area contributed by atoms with E-state index in [2.05, 4.69) is 0 Å². The fraction of sp³-hybridized carbons (Fsp3) is 0.318. The van der Waals surface area contributed by atoms with E-state index in [0.29, 0.717) is 18.5 Å². The number of hydrogen-bond acceptors (Lipinski definition) is 2. The zero-order chi connectivity index (χ0) is 20.2. The molecule has 0 saturated heterocycles. The van der Waals surface area contributed by atoms with E-state index < -0.39 is 17.6 Å². The molecule has 6 heteroatoms. The molecule has 3 aromatic rings. The highest BCUT2D eigenvalue weighted by atomic mass is 19.2. The van der Waals surface area contributed by atoms with Gasteiger partial charge in [-0.1, -0.05) is 13.8 Å². The molecule has 1 heterocycles. The van der Waals surface area contributed by atoms with Crippen LogP contribution in [0.5, 0.6) is 5.75 Å². The quantitative estimate of drug-likeness (QED) is 0.639. The molecule has 4 rings (SSSR count). The van der Waals surface area contributed by atoms with Crippen LogP contribution in [0.15, 0.2) is 36.4 Å². The summed E-state index contributed by atoms with van der Waals surface area (Å²) in [7, 11) is 0. The number of carbonyl (C=O) groups is 1. The Morgan fingerprint density at radius 3 is 2.43 bits per heavy atom. The van der Waals surface area contributed by atoms with Crippen molar-refractivity contribution in [3.05, 3.63) is 59.3 Å². The third kappa shape index (κ3) is 2.84. The van der Waals surface area contributed by atoms with Gasteiger partial charge in [0.15, 0.2) is 11.6 Å². The zero-order valence-corrected chi connectivity index (χ0v) is 15.6. The Morgan fingerprint density at radius 1 is 1.11 bits per heavy atom. The summed E-state index contributed by atoms with van der Waals surface area (Å²) in [6.07, 6.45) is 1.06. The predicted octanol–water partition coefficient (Wildman–Crippen LogP) is 5.32. The van der Waals surface area contributed by atoms with Gasteiger partial charge in [-0.2, -0.15) is 0 Å². The molecule has 0 amide bonds. The van der Waals surface area contributed by atoms with Gasteiger partial charge in [-0.15, -0.1) is 0 Å². The Balaban J connectivity index is 1.98. The molecule has 2 N–H and O–H groups in total. The molecule has 0 radical (unpaired) electrons. The molecule has 2 aromatic carbocycles. The van der Waals surface area contributed by atoms with Crippen molar-refractivity contribution >= 4 is 16.9 Å². The topological polar surface area (TPSA) is 62.5 Å². The highest BCUT2D eigenvalue weighted by Crippen LogP contribution is 2.49. The van der Waals surface area contributed by atoms with Crippen LogP contribution in [0.4, 0.5) is 8.78 Å². The molecule has 1 saturated carbocycles. The van der Waals surface area contributed by atoms with Gasteiger partial charge >= 0.3 is 5.97 Å². The number of benzene rings is 2. The summed E-state index contributed by atoms with van der Waals surface area (Å²) in [5.41, 5.74) is 3.20. The van der Waals surface area contributed by atoms with Crippen LogP contribution in [0.2, 0.25) is 0 Å². The molecule has 1 aromatic heterocycles. The molecule has 0 bridgehead atoms. The number of aromatic nitrogens is 1. The van der Waals surface area contributed by atoms with E-state index in [-0.39, 0.29) is 23.5 Å². The lowest BCUT2D eigenvalue weighted by Crippen LogP contribution is -2.29. The molecule has 146 valence electrons. The number of rotatable bonds is 4. The van der Waals surface area contributed by atoms with Crippen molar-refractivity contribution in [1.82, 2.24) is 4.57 Å². The second-order valence-electron chi connectivity index (χ2n) is 7.79. The molecule has 0 atom stereocenters. The van der Waals surface area contributed by atoms with Gasteiger partial charge in [-0.05, 0) is 60.6 Å². The van der Waals surface area contributed by atoms with Crippen molar-refractivity contribution in [3.63, 3.8) is 0 Å². The third-order valence-electron chi connectivity index (χ3n) is 5.63. The summed E-state index contributed by atoms with van der Waals surface area (Å²) in [6, 6.07) is 8.78. The number of aliphatic carboxylic acids is 1. The predicted molar refractivity (Wildman–Crippen MR) is 102 cm³/mol. The maximum atomic E-state index is 14.0. The Bertz CT molecular complexity index is 1080. The Hall–Kier alpha value is -2.89. The van der Waals surface area contributed by atoms with E-state index in [4.69, 9.17) is 0 Å². The van der Waals surface area contributed by atoms with Gasteiger partial charge in [0.05, 0.1) is 11.4 Å². The second-order valence-corrected chi connectivity index (χ2v) is 7.79. The third-order valence-corrected chi connectivity index (χ3v) is 5.63. The van der Waals surface area contributed by atoms with Crippen molar-refractivity contribution < 1.29 is 23.8 Å². The fourth-order valence-electron chi connectivity index (χ4n) is 4.28. The first-order valence-corrected chi connectivity index (χ1v) is 9.33. The lowest BCUT2D eigenvalue weighted by molar-refractivity contribution is -0.145. The maximum Gasteiger partial charge on any atom is 0.306 e. The van der Waals surface area contributed by atoms with Crippen LogP contribution in [-0.4, -0.2) is 20.7 Å². The van der Waals surface area contributed by atoms with Crippen LogP contribution in [-0.2, 0) is 4.79 Å². The summed E-state index contributed by atoms with van der Waals surface area (Å²) in [5, 5.41) is 20.1. The fourth-order valence-corrected chi connectivity index (χ4v) is 4.28. The van der Waals surface area contributed by atoms with Crippen molar-refractivity contribution in [3.8, 4) is 11.4 Å². The summed E-state index contributed by atoms with van der Waals surface area (Å²) < 4.78 is 29.3. The van der Waals surface area contributed by atoms with Crippen molar-refractivity contribution in [2.75, 3.05) is 0 Å². The largest absolute Gasteiger partial charge is 0.508 e. The van der Waals surface area contributed by atoms with E-state index in [1.165, 1.54) is 6.07 Å². The van der Waals surface area contributed by atoms with Crippen LogP contribution < -0.4 is 0 Å². The lowest BCUT2D eigenvalue weighted by atomic mass is 9.70. The minimum atomic E-state index is -0.927. The SMILES string of the molecule is CC(C)c1c(C2CC(C(=O)O)C2)c2cc(O)ccc2n1-c1ccc(F)c(F)c1. The highest BCUT2D eigenvalue weighted by molar-refractivity contribution is 5.90. The maximum absolute atomic E-state index is 14.0. The average Bonchev–Trinajstić information content (AvgIpc) is 2.90. The standard InChI is InChI=1S/C22H21F2NO3/c1-11(2)21-20(12-7-13(8-12)22(27)28)16-10-15(26)4-6-19(16)25(21)14-3-5-17(23)18(24)9-14/h3-6,9-13,26H,7-8H2,1-2H3,(H,27,28). The van der Waals surface area contributed by atoms with E-state index in [9.17, 15) is 23.8 Å². The van der Waals surface area contributed by atoms with Crippen molar-refractivity contribution in [1.29, 1.82) is 0 Å². The monoisotopic (exact) mass is 385 g/mol. The summed E-state index contributed by atoms with van der Waals surface area (Å²) in [5.74, 6) is -2.79. The van der Waals surface area contributed by atoms with E-state index in [1.807, 2.05) is 18.4 Å². The Morgan fingerprint density at radius 2 is 1.82 bits per heavy atom. The smallest absolute Gasteiger partial charge is 0.306 e. The highest BCUT2D eigenvalue weighted by Gasteiger charge is 2.39. The van der Waals surface area contributed by atoms with Gasteiger partial charge in [0.25, 0.3) is 0 Å². The lowest BCUT2D eigenvalue weighted by Gasteiger charge is -2.34. The first-order chi connectivity index (χ1) is 13.3. The molecule has 1 aliphatic rings. The molecule has 0 spiro atoms. The van der Waals surface area contributed by atoms with Crippen LogP contribution in [0.25, 0.3) is 16.6 Å². The number of carboxylic acids is 1. The molecule has 1 aliphatic carbocycles. The second kappa shape index (κ2) is 6.62. The average molecular weight is 385 g/mol. The normalized spacial score (nSPS) is 19.2. The van der Waals surface area contributed by atoms with Gasteiger partial charge in [-0.3, -0.25) is 4.79 Å². The molecular formula is C22H21F2NO3. The van der Waals surface area contributed by atoms with Gasteiger partial charge < -0.3 is 14.8 Å². The molecular weight excluding hydrogens is 364 g/mol. The molecule has 28 heavy (non-hydrogen) atoms. The van der Waals surface area contributed by atoms with E-state index >= 15 is 0 Å². The number of phenolic OH excluding ortho intramolecular Hbond substituents is 1. The number of carboxylic acid groups (broad SMARTS) is 1. The van der Waals surface area contributed by atoms with Crippen LogP contribution >= 0.6 is 0 Å². The number of hydrogen-bond donors (Lipinski definition) is 2. The van der Waals surface area contributed by atoms with Crippen LogP contribution in [0, 0.1) is 17.6 Å². The molecule has 4 nitrogen and oxygen atoms in total. The van der Waals surface area contributed by atoms with E-state index in [1.54, 1.807) is 18.2 Å². The zero-order valence-electron chi connectivity index (χ0n) is 15.6. The van der Waals surface area contributed by atoms with Crippen molar-refractivity contribution in [2.45, 2.75) is 38.5 Å². The minimum Gasteiger partial charge on any atom is -0.508 e. The van der Waals surface area contributed by atoms with Crippen LogP contribution in [0.3, 0.4) is 0 Å². The van der Waals surface area contributed by atoms with Gasteiger partial charge in [0, 0.05) is 22.8 Å². The minimum absolute atomic E-state index is 0.0503. The van der Waals surface area contributed by atoms with Crippen molar-refractivity contribution in [2.24, 2.45) is 5.92 Å². The summed E-state index contributed by atoms with van der Waals surface area (Å²) >= 11 is 0. The number of nitrogens with zero attached hydrogens (tertiary/aromatic N) is 1. The van der Waals surface area contributed by atoms with Crippen LogP contribution in [0.1, 0.15) is 49.8 Å². The van der Waals surface area contributed by atoms with Gasteiger partial charge in [0.2, 0.25) is 0 Å². The molecule has 0 aliphatic heterocycles. The number of aromatic hydroxyl groups is 1. The Labute approximate surface area is 161 Å². The first kappa shape index (κ1) is 18.5. The number of phenols is 1. The number of fused-ring (bicyclic) bond motifs is 1. The molecule has 0 unspecified atom stereocenters. The first-order valence-electron chi connectivity index (χ1n) is 9.33. The van der Waals surface area contributed by atoms with E-state index in [0.717, 1.165) is 34.3 Å². The van der Waals surface area contributed by atoms with Gasteiger partial charge in [0.1, 0.15) is 5.75 Å². The summed E-state index contributed by atoms with van der Waals surface area (Å²) in [4.78, 5) is 11.3.